The lowest BCUT2D eigenvalue weighted by atomic mass is 10.0. The molecular formula is C22H26N4O. The van der Waals surface area contributed by atoms with Crippen molar-refractivity contribution in [2.75, 3.05) is 19.6 Å². The highest BCUT2D eigenvalue weighted by atomic mass is 16.3. The molecule has 4 rings (SSSR count). The van der Waals surface area contributed by atoms with Crippen molar-refractivity contribution in [1.82, 2.24) is 20.4 Å². The predicted octanol–water partition coefficient (Wildman–Crippen LogP) is 2.52. The quantitative estimate of drug-likeness (QED) is 0.631. The van der Waals surface area contributed by atoms with E-state index < -0.39 is 0 Å². The Hall–Kier alpha value is -2.47. The van der Waals surface area contributed by atoms with E-state index in [4.69, 9.17) is 5.10 Å². The van der Waals surface area contributed by atoms with E-state index in [1.54, 1.807) is 0 Å². The topological polar surface area (TPSA) is 62.1 Å². The van der Waals surface area contributed by atoms with Crippen LogP contribution in [0.25, 0.3) is 16.9 Å². The second-order valence-electron chi connectivity index (χ2n) is 7.21. The molecule has 1 aromatic heterocycles. The summed E-state index contributed by atoms with van der Waals surface area (Å²) in [7, 11) is 0. The third-order valence-corrected chi connectivity index (χ3v) is 5.24. The number of nitrogens with zero attached hydrogens (tertiary/aromatic N) is 2. The van der Waals surface area contributed by atoms with Crippen molar-refractivity contribution in [2.45, 2.75) is 19.6 Å². The van der Waals surface area contributed by atoms with Crippen LogP contribution in [-0.4, -0.2) is 40.6 Å². The first-order valence-electron chi connectivity index (χ1n) is 9.52. The summed E-state index contributed by atoms with van der Waals surface area (Å²) < 4.78 is 1.95. The molecule has 2 aromatic carbocycles. The number of rotatable bonds is 6. The van der Waals surface area contributed by atoms with Gasteiger partial charge in [-0.2, -0.15) is 5.10 Å². The Morgan fingerprint density at radius 3 is 2.63 bits per heavy atom. The Morgan fingerprint density at radius 2 is 1.89 bits per heavy atom. The van der Waals surface area contributed by atoms with E-state index in [-0.39, 0.29) is 12.0 Å². The molecule has 2 atom stereocenters. The fourth-order valence-corrected chi connectivity index (χ4v) is 3.64. The van der Waals surface area contributed by atoms with Crippen LogP contribution in [0, 0.1) is 12.8 Å². The third kappa shape index (κ3) is 3.95. The summed E-state index contributed by atoms with van der Waals surface area (Å²) in [6.07, 6.45) is 1.84. The molecule has 0 spiro atoms. The van der Waals surface area contributed by atoms with Crippen molar-refractivity contribution >= 4 is 0 Å². The number of β-amino-alcohol motifs (C(OH)–C–C–N with tert-alkyl or cyclic N) is 1. The lowest BCUT2D eigenvalue weighted by Gasteiger charge is -2.14. The molecule has 5 heteroatoms. The van der Waals surface area contributed by atoms with E-state index in [9.17, 15) is 5.11 Å². The normalized spacial score (nSPS) is 19.5. The van der Waals surface area contributed by atoms with E-state index in [1.165, 1.54) is 5.56 Å². The van der Waals surface area contributed by atoms with Gasteiger partial charge < -0.3 is 15.7 Å². The average molecular weight is 362 g/mol. The first-order valence-corrected chi connectivity index (χ1v) is 9.52. The Labute approximate surface area is 160 Å². The van der Waals surface area contributed by atoms with E-state index in [0.29, 0.717) is 6.54 Å². The molecule has 1 saturated heterocycles. The van der Waals surface area contributed by atoms with Gasteiger partial charge in [0.2, 0.25) is 0 Å². The van der Waals surface area contributed by atoms with Crippen molar-refractivity contribution in [2.24, 2.45) is 5.92 Å². The molecule has 1 aliphatic heterocycles. The molecule has 0 aliphatic carbocycles. The number of aliphatic hydroxyl groups excluding tert-OH is 1. The zero-order chi connectivity index (χ0) is 18.6. The van der Waals surface area contributed by atoms with Gasteiger partial charge >= 0.3 is 0 Å². The van der Waals surface area contributed by atoms with Gasteiger partial charge in [-0.1, -0.05) is 42.5 Å². The summed E-state index contributed by atoms with van der Waals surface area (Å²) in [5.41, 5.74) is 5.59. The number of hydrogen-bond acceptors (Lipinski definition) is 4. The fraction of sp³-hybridized carbons (Fsp3) is 0.318. The van der Waals surface area contributed by atoms with Gasteiger partial charge in [0.25, 0.3) is 0 Å². The van der Waals surface area contributed by atoms with Crippen LogP contribution in [0.3, 0.4) is 0 Å². The number of aromatic nitrogens is 2. The minimum absolute atomic E-state index is 0.260. The molecule has 2 unspecified atom stereocenters. The van der Waals surface area contributed by atoms with Crippen molar-refractivity contribution < 1.29 is 5.11 Å². The van der Waals surface area contributed by atoms with Crippen molar-refractivity contribution in [3.05, 3.63) is 71.9 Å². The second kappa shape index (κ2) is 8.05. The van der Waals surface area contributed by atoms with Gasteiger partial charge in [0.15, 0.2) is 0 Å². The monoisotopic (exact) mass is 362 g/mol. The summed E-state index contributed by atoms with van der Waals surface area (Å²) in [6, 6.07) is 18.5. The Bertz CT molecular complexity index is 890. The summed E-state index contributed by atoms with van der Waals surface area (Å²) in [5, 5.41) is 21.6. The second-order valence-corrected chi connectivity index (χ2v) is 7.21. The minimum atomic E-state index is -0.264. The molecule has 3 aromatic rings. The molecule has 0 radical (unpaired) electrons. The number of aryl methyl sites for hydroxylation is 1. The first kappa shape index (κ1) is 17.9. The van der Waals surface area contributed by atoms with E-state index in [1.807, 2.05) is 22.9 Å². The predicted molar refractivity (Wildman–Crippen MR) is 108 cm³/mol. The molecule has 27 heavy (non-hydrogen) atoms. The van der Waals surface area contributed by atoms with Crippen molar-refractivity contribution in [3.63, 3.8) is 0 Å². The molecule has 0 bridgehead atoms. The van der Waals surface area contributed by atoms with Crippen LogP contribution >= 0.6 is 0 Å². The SMILES string of the molecule is Cc1ccccc1-c1nn(-c2ccccc2)cc1CNCC1CNCC1O. The molecule has 5 nitrogen and oxygen atoms in total. The Balaban J connectivity index is 1.60. The summed E-state index contributed by atoms with van der Waals surface area (Å²) in [6.45, 7) is 5.18. The maximum Gasteiger partial charge on any atom is 0.0975 e. The lowest BCUT2D eigenvalue weighted by Crippen LogP contribution is -2.30. The van der Waals surface area contributed by atoms with Crippen LogP contribution in [0.15, 0.2) is 60.8 Å². The van der Waals surface area contributed by atoms with Crippen molar-refractivity contribution in [1.29, 1.82) is 0 Å². The minimum Gasteiger partial charge on any atom is -0.391 e. The largest absolute Gasteiger partial charge is 0.391 e. The number of nitrogens with one attached hydrogen (secondary N) is 2. The van der Waals surface area contributed by atoms with Gasteiger partial charge in [-0.25, -0.2) is 4.68 Å². The van der Waals surface area contributed by atoms with Gasteiger partial charge in [0.05, 0.1) is 17.5 Å². The van der Waals surface area contributed by atoms with E-state index in [0.717, 1.165) is 42.1 Å². The number of para-hydroxylation sites is 1. The highest BCUT2D eigenvalue weighted by Gasteiger charge is 2.24. The van der Waals surface area contributed by atoms with E-state index in [2.05, 4.69) is 60.2 Å². The van der Waals surface area contributed by atoms with Gasteiger partial charge in [0, 0.05) is 49.4 Å². The van der Waals surface area contributed by atoms with Gasteiger partial charge in [-0.15, -0.1) is 0 Å². The van der Waals surface area contributed by atoms with Gasteiger partial charge in [-0.3, -0.25) is 0 Å². The smallest absolute Gasteiger partial charge is 0.0975 e. The summed E-state index contributed by atoms with van der Waals surface area (Å²) in [4.78, 5) is 0. The highest BCUT2D eigenvalue weighted by Crippen LogP contribution is 2.26. The third-order valence-electron chi connectivity index (χ3n) is 5.24. The summed E-state index contributed by atoms with van der Waals surface area (Å²) in [5.74, 6) is 0.260. The highest BCUT2D eigenvalue weighted by molar-refractivity contribution is 5.66. The molecule has 1 fully saturated rings. The van der Waals surface area contributed by atoms with Gasteiger partial charge in [0.1, 0.15) is 0 Å². The number of benzene rings is 2. The fourth-order valence-electron chi connectivity index (χ4n) is 3.64. The Kier molecular flexibility index (Phi) is 5.34. The van der Waals surface area contributed by atoms with Crippen LogP contribution in [-0.2, 0) is 6.54 Å². The molecule has 140 valence electrons. The van der Waals surface area contributed by atoms with E-state index >= 15 is 0 Å². The van der Waals surface area contributed by atoms with Gasteiger partial charge in [-0.05, 0) is 24.6 Å². The maximum atomic E-state index is 9.99. The van der Waals surface area contributed by atoms with Crippen LogP contribution in [0.5, 0.6) is 0 Å². The average Bonchev–Trinajstić information content (AvgIpc) is 3.30. The first-order chi connectivity index (χ1) is 13.2. The molecule has 2 heterocycles. The maximum absolute atomic E-state index is 9.99. The van der Waals surface area contributed by atoms with Crippen LogP contribution < -0.4 is 10.6 Å². The molecule has 0 amide bonds. The zero-order valence-electron chi connectivity index (χ0n) is 15.6. The van der Waals surface area contributed by atoms with Crippen LogP contribution in [0.2, 0.25) is 0 Å². The zero-order valence-corrected chi connectivity index (χ0v) is 15.6. The van der Waals surface area contributed by atoms with Crippen LogP contribution in [0.4, 0.5) is 0 Å². The molecule has 3 N–H and O–H groups in total. The molecule has 1 aliphatic rings. The number of aliphatic hydroxyl groups is 1. The number of hydrogen-bond donors (Lipinski definition) is 3. The molecular weight excluding hydrogens is 336 g/mol. The van der Waals surface area contributed by atoms with Crippen LogP contribution in [0.1, 0.15) is 11.1 Å². The Morgan fingerprint density at radius 1 is 1.11 bits per heavy atom. The molecule has 0 saturated carbocycles. The lowest BCUT2D eigenvalue weighted by molar-refractivity contribution is 0.146. The van der Waals surface area contributed by atoms with Crippen molar-refractivity contribution in [3.8, 4) is 16.9 Å². The summed E-state index contributed by atoms with van der Waals surface area (Å²) >= 11 is 0. The standard InChI is InChI=1S/C22H26N4O/c1-16-7-5-6-10-20(16)22-18(13-23-11-17-12-24-14-21(17)27)15-26(25-22)19-8-3-2-4-9-19/h2-10,15,17,21,23-24,27H,11-14H2,1H3.